The van der Waals surface area contributed by atoms with Crippen molar-refractivity contribution < 1.29 is 13.9 Å². The summed E-state index contributed by atoms with van der Waals surface area (Å²) in [7, 11) is 0. The highest BCUT2D eigenvalue weighted by atomic mass is 16.5. The number of rotatable bonds is 4. The number of fused-ring (bicyclic) bond motifs is 2. The quantitative estimate of drug-likeness (QED) is 0.775. The second kappa shape index (κ2) is 5.84. The van der Waals surface area contributed by atoms with Gasteiger partial charge in [0.2, 0.25) is 5.91 Å². The maximum atomic E-state index is 12.2. The van der Waals surface area contributed by atoms with E-state index >= 15 is 0 Å². The molecule has 24 heavy (non-hydrogen) atoms. The zero-order valence-electron chi connectivity index (χ0n) is 12.8. The normalized spacial score (nSPS) is 15.9. The van der Waals surface area contributed by atoms with Crippen molar-refractivity contribution in [1.29, 1.82) is 0 Å². The summed E-state index contributed by atoms with van der Waals surface area (Å²) in [6, 6.07) is 11.2. The molecule has 0 aromatic heterocycles. The van der Waals surface area contributed by atoms with E-state index in [1.165, 1.54) is 0 Å². The number of oxazole rings is 1. The predicted octanol–water partition coefficient (Wildman–Crippen LogP) is 1.06. The number of nitrogens with one attached hydrogen (secondary N) is 1. The number of benzene rings is 1. The van der Waals surface area contributed by atoms with Crippen molar-refractivity contribution in [1.82, 2.24) is 14.9 Å². The lowest BCUT2D eigenvalue weighted by Gasteiger charge is -2.13. The number of aromatic nitrogens is 2. The maximum Gasteiger partial charge on any atom is 0.441 e. The van der Waals surface area contributed by atoms with E-state index in [0.717, 1.165) is 17.7 Å². The molecule has 1 aromatic rings. The molecule has 0 radical (unpaired) electrons. The van der Waals surface area contributed by atoms with Crippen LogP contribution >= 0.6 is 0 Å². The fourth-order valence-electron chi connectivity index (χ4n) is 2.86. The van der Waals surface area contributed by atoms with E-state index in [2.05, 4.69) is 10.3 Å². The number of nitrogens with zero attached hydrogens (tertiary/aromatic N) is 2. The molecule has 3 aliphatic rings. The third-order valence-electron chi connectivity index (χ3n) is 3.96. The Balaban J connectivity index is 1.37. The molecule has 122 valence electrons. The lowest BCUT2D eigenvalue weighted by atomic mass is 10.1. The first-order valence-corrected chi connectivity index (χ1v) is 7.66. The highest BCUT2D eigenvalue weighted by Gasteiger charge is 2.23. The SMILES string of the molecule is O=C(Cn1cccc2oc(=O)nc1-2)NC[C@@H]1Cc2ccccc2O1. The number of hydrogen-bond donors (Lipinski definition) is 1. The van der Waals surface area contributed by atoms with Crippen LogP contribution in [0.25, 0.3) is 11.6 Å². The van der Waals surface area contributed by atoms with Gasteiger partial charge in [-0.1, -0.05) is 18.2 Å². The Morgan fingerprint density at radius 2 is 2.17 bits per heavy atom. The van der Waals surface area contributed by atoms with Gasteiger partial charge in [0.05, 0.1) is 6.54 Å². The lowest BCUT2D eigenvalue weighted by molar-refractivity contribution is -0.122. The largest absolute Gasteiger partial charge is 0.488 e. The van der Waals surface area contributed by atoms with Gasteiger partial charge in [-0.2, -0.15) is 4.98 Å². The van der Waals surface area contributed by atoms with Gasteiger partial charge >= 0.3 is 5.76 Å². The van der Waals surface area contributed by atoms with E-state index in [1.807, 2.05) is 24.3 Å². The molecule has 7 heteroatoms. The summed E-state index contributed by atoms with van der Waals surface area (Å²) in [6.45, 7) is 0.485. The average molecular weight is 325 g/mol. The van der Waals surface area contributed by atoms with Crippen LogP contribution in [0.4, 0.5) is 0 Å². The molecule has 3 aliphatic heterocycles. The number of ether oxygens (including phenoxy) is 1. The molecule has 0 fully saturated rings. The van der Waals surface area contributed by atoms with Crippen LogP contribution in [0.3, 0.4) is 0 Å². The molecule has 0 spiro atoms. The standard InChI is InChI=1S/C17H15N3O4/c21-15(10-20-7-3-6-14-16(20)19-17(22)24-14)18-9-12-8-11-4-1-2-5-13(11)23-12/h1-7,12H,8-10H2,(H,18,21)/t12-/m0/s1. The minimum absolute atomic E-state index is 0.0585. The van der Waals surface area contributed by atoms with Gasteiger partial charge in [0, 0.05) is 12.6 Å². The number of carbonyl (C=O) groups is 1. The van der Waals surface area contributed by atoms with Gasteiger partial charge in [0.25, 0.3) is 0 Å². The van der Waals surface area contributed by atoms with Crippen LogP contribution in [-0.2, 0) is 17.8 Å². The third kappa shape index (κ3) is 2.76. The van der Waals surface area contributed by atoms with Gasteiger partial charge in [0.15, 0.2) is 11.6 Å². The van der Waals surface area contributed by atoms with Crippen molar-refractivity contribution >= 4 is 5.91 Å². The second-order valence-electron chi connectivity index (χ2n) is 5.66. The molecular formula is C17H15N3O4. The maximum absolute atomic E-state index is 12.2. The van der Waals surface area contributed by atoms with E-state index in [0.29, 0.717) is 18.1 Å². The van der Waals surface area contributed by atoms with E-state index in [4.69, 9.17) is 9.15 Å². The zero-order valence-corrected chi connectivity index (χ0v) is 12.8. The number of carbonyl (C=O) groups excluding carboxylic acids is 1. The van der Waals surface area contributed by atoms with Crippen molar-refractivity contribution in [2.45, 2.75) is 19.1 Å². The fraction of sp³-hybridized carbons (Fsp3) is 0.235. The Hall–Kier alpha value is -3.09. The highest BCUT2D eigenvalue weighted by Crippen LogP contribution is 2.27. The first kappa shape index (κ1) is 14.5. The molecule has 0 unspecified atom stereocenters. The minimum atomic E-state index is -0.664. The second-order valence-corrected chi connectivity index (χ2v) is 5.66. The van der Waals surface area contributed by atoms with E-state index in [-0.39, 0.29) is 18.6 Å². The van der Waals surface area contributed by atoms with Gasteiger partial charge in [-0.05, 0) is 23.8 Å². The molecular weight excluding hydrogens is 310 g/mol. The Morgan fingerprint density at radius 1 is 1.29 bits per heavy atom. The van der Waals surface area contributed by atoms with Crippen LogP contribution in [0.5, 0.6) is 5.75 Å². The van der Waals surface area contributed by atoms with Gasteiger partial charge < -0.3 is 19.0 Å². The van der Waals surface area contributed by atoms with Crippen molar-refractivity contribution in [2.75, 3.05) is 6.54 Å². The van der Waals surface area contributed by atoms with Crippen molar-refractivity contribution in [3.63, 3.8) is 0 Å². The van der Waals surface area contributed by atoms with Crippen LogP contribution in [0.2, 0.25) is 0 Å². The zero-order chi connectivity index (χ0) is 16.5. The lowest BCUT2D eigenvalue weighted by Crippen LogP contribution is -2.36. The smallest absolute Gasteiger partial charge is 0.441 e. The van der Waals surface area contributed by atoms with Crippen molar-refractivity contribution in [3.05, 3.63) is 58.7 Å². The summed E-state index contributed by atoms with van der Waals surface area (Å²) in [6.07, 6.45) is 2.40. The number of hydrogen-bond acceptors (Lipinski definition) is 5. The predicted molar refractivity (Wildman–Crippen MR) is 85.0 cm³/mol. The molecule has 1 aromatic carbocycles. The minimum Gasteiger partial charge on any atom is -0.488 e. The molecule has 0 saturated heterocycles. The molecule has 0 bridgehead atoms. The third-order valence-corrected chi connectivity index (χ3v) is 3.96. The van der Waals surface area contributed by atoms with Gasteiger partial charge in [-0.3, -0.25) is 4.79 Å². The molecule has 1 atom stereocenters. The number of amides is 1. The van der Waals surface area contributed by atoms with Crippen LogP contribution < -0.4 is 15.8 Å². The van der Waals surface area contributed by atoms with Gasteiger partial charge in [-0.15, -0.1) is 0 Å². The van der Waals surface area contributed by atoms with Crippen LogP contribution in [0, 0.1) is 0 Å². The monoisotopic (exact) mass is 325 g/mol. The van der Waals surface area contributed by atoms with Crippen molar-refractivity contribution in [2.24, 2.45) is 0 Å². The van der Waals surface area contributed by atoms with E-state index in [1.54, 1.807) is 22.9 Å². The van der Waals surface area contributed by atoms with Crippen LogP contribution in [0.1, 0.15) is 5.56 Å². The summed E-state index contributed by atoms with van der Waals surface area (Å²) in [4.78, 5) is 27.2. The molecule has 4 rings (SSSR count). The molecule has 0 aliphatic carbocycles. The van der Waals surface area contributed by atoms with Crippen LogP contribution in [-0.4, -0.2) is 28.1 Å². The molecule has 3 heterocycles. The average Bonchev–Trinajstić information content (AvgIpc) is 3.15. The first-order chi connectivity index (χ1) is 11.7. The Kier molecular flexibility index (Phi) is 3.53. The van der Waals surface area contributed by atoms with Gasteiger partial charge in [-0.25, -0.2) is 4.79 Å². The Labute approximate surface area is 137 Å². The van der Waals surface area contributed by atoms with E-state index in [9.17, 15) is 9.59 Å². The molecule has 1 amide bonds. The van der Waals surface area contributed by atoms with Crippen LogP contribution in [0.15, 0.2) is 51.8 Å². The van der Waals surface area contributed by atoms with Crippen molar-refractivity contribution in [3.8, 4) is 17.3 Å². The Bertz CT molecular complexity index is 889. The summed E-state index contributed by atoms with van der Waals surface area (Å²) in [5.41, 5.74) is 1.15. The summed E-state index contributed by atoms with van der Waals surface area (Å²) < 4.78 is 12.3. The summed E-state index contributed by atoms with van der Waals surface area (Å²) in [5, 5.41) is 2.86. The number of pyridine rings is 1. The molecule has 7 nitrogen and oxygen atoms in total. The number of para-hydroxylation sites is 1. The van der Waals surface area contributed by atoms with Gasteiger partial charge in [0.1, 0.15) is 18.4 Å². The molecule has 0 saturated carbocycles. The fourth-order valence-corrected chi connectivity index (χ4v) is 2.86. The first-order valence-electron chi connectivity index (χ1n) is 7.66. The summed E-state index contributed by atoms with van der Waals surface area (Å²) >= 11 is 0. The topological polar surface area (TPSA) is 86.4 Å². The molecule has 1 N–H and O–H groups in total. The summed E-state index contributed by atoms with van der Waals surface area (Å²) in [5.74, 6) is 0.762. The van der Waals surface area contributed by atoms with E-state index < -0.39 is 5.76 Å². The Morgan fingerprint density at radius 3 is 3.04 bits per heavy atom. The highest BCUT2D eigenvalue weighted by molar-refractivity contribution is 5.76.